The maximum absolute atomic E-state index is 12.7. The van der Waals surface area contributed by atoms with Crippen molar-refractivity contribution in [1.82, 2.24) is 0 Å². The van der Waals surface area contributed by atoms with Gasteiger partial charge in [-0.25, -0.2) is 0 Å². The predicted molar refractivity (Wildman–Crippen MR) is 60.2 cm³/mol. The van der Waals surface area contributed by atoms with Gasteiger partial charge in [0.25, 0.3) is 0 Å². The molecule has 0 unspecified atom stereocenters. The molecule has 20 heavy (non-hydrogen) atoms. The lowest BCUT2D eigenvalue weighted by Crippen LogP contribution is -2.16. The van der Waals surface area contributed by atoms with Crippen LogP contribution in [-0.2, 0) is 12.4 Å². The molecule has 0 N–H and O–H groups in total. The molecule has 0 radical (unpaired) electrons. The Morgan fingerprint density at radius 1 is 1.05 bits per heavy atom. The van der Waals surface area contributed by atoms with Crippen molar-refractivity contribution in [2.45, 2.75) is 32.6 Å². The second-order valence-corrected chi connectivity index (χ2v) is 4.78. The van der Waals surface area contributed by atoms with Gasteiger partial charge in [-0.1, -0.05) is 13.8 Å². The summed E-state index contributed by atoms with van der Waals surface area (Å²) >= 11 is 0. The van der Waals surface area contributed by atoms with E-state index in [2.05, 4.69) is 0 Å². The summed E-state index contributed by atoms with van der Waals surface area (Å²) in [6.07, 6.45) is -9.91. The van der Waals surface area contributed by atoms with Crippen molar-refractivity contribution in [3.05, 3.63) is 34.9 Å². The van der Waals surface area contributed by atoms with Crippen LogP contribution in [0, 0.1) is 5.92 Å². The van der Waals surface area contributed by atoms with E-state index in [4.69, 9.17) is 0 Å². The number of halogens is 6. The molecule has 0 fully saturated rings. The molecule has 0 bridgehead atoms. The summed E-state index contributed by atoms with van der Waals surface area (Å²) in [4.78, 5) is 11.7. The van der Waals surface area contributed by atoms with Gasteiger partial charge >= 0.3 is 12.4 Å². The van der Waals surface area contributed by atoms with Gasteiger partial charge in [0.15, 0.2) is 5.78 Å². The number of hydrogen-bond donors (Lipinski definition) is 0. The first-order valence-electron chi connectivity index (χ1n) is 5.74. The van der Waals surface area contributed by atoms with E-state index in [1.165, 1.54) is 0 Å². The predicted octanol–water partition coefficient (Wildman–Crippen LogP) is 4.95. The van der Waals surface area contributed by atoms with Crippen LogP contribution in [0.4, 0.5) is 26.3 Å². The normalized spacial score (nSPS) is 12.8. The standard InChI is InChI=1S/C13H12F6O/c1-7(2)5-11(20)9-6-8(12(14,15)16)3-4-10(9)13(17,18)19/h3-4,6-7H,5H2,1-2H3. The maximum Gasteiger partial charge on any atom is 0.417 e. The summed E-state index contributed by atoms with van der Waals surface area (Å²) in [7, 11) is 0. The molecule has 1 nitrogen and oxygen atoms in total. The van der Waals surface area contributed by atoms with Gasteiger partial charge in [0.2, 0.25) is 0 Å². The summed E-state index contributed by atoms with van der Waals surface area (Å²) in [6.45, 7) is 3.19. The van der Waals surface area contributed by atoms with E-state index in [0.29, 0.717) is 12.1 Å². The Morgan fingerprint density at radius 2 is 1.60 bits per heavy atom. The summed E-state index contributed by atoms with van der Waals surface area (Å²) in [6, 6.07) is 0.902. The fraction of sp³-hybridized carbons (Fsp3) is 0.462. The minimum absolute atomic E-state index is 0.246. The highest BCUT2D eigenvalue weighted by Gasteiger charge is 2.38. The van der Waals surface area contributed by atoms with E-state index in [1.54, 1.807) is 13.8 Å². The number of ketones is 1. The SMILES string of the molecule is CC(C)CC(=O)c1cc(C(F)(F)F)ccc1C(F)(F)F. The Kier molecular flexibility index (Phi) is 4.51. The molecule has 7 heteroatoms. The number of benzene rings is 1. The highest BCUT2D eigenvalue weighted by Crippen LogP contribution is 2.37. The number of alkyl halides is 6. The number of Topliss-reactive ketones (excluding diaryl/α,β-unsaturated/α-hetero) is 1. The second kappa shape index (κ2) is 5.46. The third kappa shape index (κ3) is 3.98. The van der Waals surface area contributed by atoms with Crippen LogP contribution in [0.3, 0.4) is 0 Å². The molecule has 0 spiro atoms. The number of hydrogen-bond acceptors (Lipinski definition) is 1. The number of rotatable bonds is 3. The largest absolute Gasteiger partial charge is 0.417 e. The molecule has 112 valence electrons. The average molecular weight is 298 g/mol. The molecule has 1 aromatic carbocycles. The lowest BCUT2D eigenvalue weighted by molar-refractivity contribution is -0.141. The van der Waals surface area contributed by atoms with Crippen LogP contribution in [0.25, 0.3) is 0 Å². The lowest BCUT2D eigenvalue weighted by atomic mass is 9.95. The molecule has 0 aliphatic carbocycles. The van der Waals surface area contributed by atoms with Crippen molar-refractivity contribution in [2.75, 3.05) is 0 Å². The first-order chi connectivity index (χ1) is 8.93. The molecule has 1 aromatic rings. The van der Waals surface area contributed by atoms with Crippen LogP contribution < -0.4 is 0 Å². The minimum atomic E-state index is -4.87. The molecule has 0 amide bonds. The summed E-state index contributed by atoms with van der Waals surface area (Å²) < 4.78 is 75.8. The van der Waals surface area contributed by atoms with Gasteiger partial charge in [0, 0.05) is 12.0 Å². The van der Waals surface area contributed by atoms with Gasteiger partial charge in [-0.2, -0.15) is 26.3 Å². The molecular weight excluding hydrogens is 286 g/mol. The van der Waals surface area contributed by atoms with Crippen LogP contribution in [0.2, 0.25) is 0 Å². The summed E-state index contributed by atoms with van der Waals surface area (Å²) in [5, 5.41) is 0. The van der Waals surface area contributed by atoms with Crippen molar-refractivity contribution < 1.29 is 31.1 Å². The summed E-state index contributed by atoms with van der Waals surface area (Å²) in [5.74, 6) is -1.20. The Hall–Kier alpha value is -1.53. The zero-order chi connectivity index (χ0) is 15.7. The number of carbonyl (C=O) groups excluding carboxylic acids is 1. The van der Waals surface area contributed by atoms with Gasteiger partial charge in [-0.3, -0.25) is 4.79 Å². The molecule has 0 aliphatic rings. The van der Waals surface area contributed by atoms with E-state index in [-0.39, 0.29) is 18.4 Å². The van der Waals surface area contributed by atoms with E-state index in [9.17, 15) is 31.1 Å². The lowest BCUT2D eigenvalue weighted by Gasteiger charge is -2.15. The van der Waals surface area contributed by atoms with Gasteiger partial charge in [-0.05, 0) is 24.1 Å². The quantitative estimate of drug-likeness (QED) is 0.570. The molecule has 1 rings (SSSR count). The van der Waals surface area contributed by atoms with Crippen molar-refractivity contribution in [2.24, 2.45) is 5.92 Å². The average Bonchev–Trinajstić information content (AvgIpc) is 2.24. The van der Waals surface area contributed by atoms with Crippen molar-refractivity contribution >= 4 is 5.78 Å². The fourth-order valence-corrected chi connectivity index (χ4v) is 1.68. The zero-order valence-corrected chi connectivity index (χ0v) is 10.7. The molecule has 0 saturated carbocycles. The Labute approximate surface area is 111 Å². The smallest absolute Gasteiger partial charge is 0.294 e. The van der Waals surface area contributed by atoms with Gasteiger partial charge in [0.1, 0.15) is 0 Å². The summed E-state index contributed by atoms with van der Waals surface area (Å²) in [5.41, 5.74) is -3.53. The van der Waals surface area contributed by atoms with Crippen LogP contribution in [0.1, 0.15) is 41.8 Å². The third-order valence-corrected chi connectivity index (χ3v) is 2.55. The van der Waals surface area contributed by atoms with Crippen LogP contribution in [0.15, 0.2) is 18.2 Å². The van der Waals surface area contributed by atoms with Crippen LogP contribution in [0.5, 0.6) is 0 Å². The Bertz CT molecular complexity index is 499. The zero-order valence-electron chi connectivity index (χ0n) is 10.7. The monoisotopic (exact) mass is 298 g/mol. The van der Waals surface area contributed by atoms with Crippen molar-refractivity contribution in [3.63, 3.8) is 0 Å². The maximum atomic E-state index is 12.7. The highest BCUT2D eigenvalue weighted by molar-refractivity contribution is 5.98. The van der Waals surface area contributed by atoms with Crippen LogP contribution >= 0.6 is 0 Å². The molecule has 0 atom stereocenters. The Morgan fingerprint density at radius 3 is 2.00 bits per heavy atom. The van der Waals surface area contributed by atoms with E-state index < -0.39 is 34.8 Å². The fourth-order valence-electron chi connectivity index (χ4n) is 1.68. The van der Waals surface area contributed by atoms with Gasteiger partial charge in [-0.15, -0.1) is 0 Å². The van der Waals surface area contributed by atoms with E-state index in [1.807, 2.05) is 0 Å². The van der Waals surface area contributed by atoms with E-state index >= 15 is 0 Å². The van der Waals surface area contributed by atoms with Crippen LogP contribution in [-0.4, -0.2) is 5.78 Å². The van der Waals surface area contributed by atoms with Crippen molar-refractivity contribution in [3.8, 4) is 0 Å². The molecular formula is C13H12F6O. The molecule has 0 saturated heterocycles. The van der Waals surface area contributed by atoms with Crippen molar-refractivity contribution in [1.29, 1.82) is 0 Å². The third-order valence-electron chi connectivity index (χ3n) is 2.55. The Balaban J connectivity index is 3.38. The highest BCUT2D eigenvalue weighted by atomic mass is 19.4. The minimum Gasteiger partial charge on any atom is -0.294 e. The van der Waals surface area contributed by atoms with E-state index in [0.717, 1.165) is 0 Å². The van der Waals surface area contributed by atoms with Gasteiger partial charge in [0.05, 0.1) is 11.1 Å². The number of carbonyl (C=O) groups is 1. The second-order valence-electron chi connectivity index (χ2n) is 4.78. The molecule has 0 heterocycles. The topological polar surface area (TPSA) is 17.1 Å². The first kappa shape index (κ1) is 16.5. The molecule has 0 aliphatic heterocycles. The first-order valence-corrected chi connectivity index (χ1v) is 5.74. The molecule has 0 aromatic heterocycles. The van der Waals surface area contributed by atoms with Gasteiger partial charge < -0.3 is 0 Å².